The monoisotopic (exact) mass is 528 g/mol. The Morgan fingerprint density at radius 1 is 1.06 bits per heavy atom. The molecule has 2 aromatic carbocycles. The van der Waals surface area contributed by atoms with Gasteiger partial charge in [-0.2, -0.15) is 13.2 Å². The molecule has 0 spiro atoms. The van der Waals surface area contributed by atoms with Crippen LogP contribution in [-0.4, -0.2) is 38.6 Å². The van der Waals surface area contributed by atoms with Crippen molar-refractivity contribution in [1.82, 2.24) is 0 Å². The number of esters is 2. The molecule has 3 N–H and O–H groups in total. The number of amidine groups is 1. The lowest BCUT2D eigenvalue weighted by atomic mass is 10.0. The van der Waals surface area contributed by atoms with Gasteiger partial charge in [-0.15, -0.1) is 23.1 Å². The third-order valence-electron chi connectivity index (χ3n) is 4.40. The highest BCUT2D eigenvalue weighted by atomic mass is 32.2. The van der Waals surface area contributed by atoms with Gasteiger partial charge in [-0.3, -0.25) is 5.41 Å². The van der Waals surface area contributed by atoms with Gasteiger partial charge >= 0.3 is 18.1 Å². The maximum Gasteiger partial charge on any atom is 0.491 e. The van der Waals surface area contributed by atoms with Crippen molar-refractivity contribution in [2.75, 3.05) is 6.26 Å². The molecule has 0 bridgehead atoms. The molecule has 3 rings (SSSR count). The van der Waals surface area contributed by atoms with Gasteiger partial charge in [0.2, 0.25) is 9.84 Å². The lowest BCUT2D eigenvalue weighted by Crippen LogP contribution is -2.28. The van der Waals surface area contributed by atoms with Crippen LogP contribution in [-0.2, 0) is 19.4 Å². The highest BCUT2D eigenvalue weighted by Gasteiger charge is 2.42. The van der Waals surface area contributed by atoms with E-state index in [4.69, 9.17) is 11.1 Å². The highest BCUT2D eigenvalue weighted by Crippen LogP contribution is 2.37. The fraction of sp³-hybridized carbons (Fsp3) is 0.0952. The lowest BCUT2D eigenvalue weighted by molar-refractivity contribution is -0.193. The van der Waals surface area contributed by atoms with Crippen LogP contribution in [0.2, 0.25) is 0 Å². The molecule has 178 valence electrons. The van der Waals surface area contributed by atoms with Gasteiger partial charge in [-0.05, 0) is 47.7 Å². The summed E-state index contributed by atoms with van der Waals surface area (Å²) in [4.78, 5) is 23.1. The van der Waals surface area contributed by atoms with Crippen molar-refractivity contribution in [2.24, 2.45) is 5.73 Å². The van der Waals surface area contributed by atoms with Crippen molar-refractivity contribution in [3.8, 4) is 11.1 Å². The van der Waals surface area contributed by atoms with Gasteiger partial charge in [0.15, 0.2) is 0 Å². The number of carbonyl (C=O) groups is 2. The maximum atomic E-state index is 13.3. The fourth-order valence-electron chi connectivity index (χ4n) is 2.82. The summed E-state index contributed by atoms with van der Waals surface area (Å²) in [7, 11) is -4.01. The topological polar surface area (TPSA) is 127 Å². The van der Waals surface area contributed by atoms with E-state index in [1.54, 1.807) is 12.3 Å². The SMILES string of the molecule is CSc1sc(C(=N)N)cc1S(=O)(=O)c1cccc(-c2cccc(C(=O)OC(=O)C(F)(F)F)c2)c1. The third kappa shape index (κ3) is 5.32. The number of carbonyl (C=O) groups excluding carboxylic acids is 2. The van der Waals surface area contributed by atoms with Crippen molar-refractivity contribution in [1.29, 1.82) is 5.41 Å². The molecule has 0 amide bonds. The van der Waals surface area contributed by atoms with Crippen LogP contribution in [0.3, 0.4) is 0 Å². The van der Waals surface area contributed by atoms with Crippen molar-refractivity contribution in [3.05, 3.63) is 65.0 Å². The van der Waals surface area contributed by atoms with E-state index < -0.39 is 28.0 Å². The number of nitrogens with one attached hydrogen (secondary N) is 1. The molecule has 0 saturated heterocycles. The molecule has 1 heterocycles. The number of rotatable bonds is 6. The van der Waals surface area contributed by atoms with Crippen molar-refractivity contribution in [3.63, 3.8) is 0 Å². The van der Waals surface area contributed by atoms with Crippen molar-refractivity contribution >= 4 is 50.7 Å². The summed E-state index contributed by atoms with van der Waals surface area (Å²) in [6, 6.07) is 12.3. The Bertz CT molecular complexity index is 1400. The molecule has 1 aromatic heterocycles. The van der Waals surface area contributed by atoms with Gasteiger partial charge in [0.1, 0.15) is 5.84 Å². The number of hydrogen-bond acceptors (Lipinski definition) is 8. The normalized spacial score (nSPS) is 11.8. The van der Waals surface area contributed by atoms with Crippen LogP contribution in [0, 0.1) is 5.41 Å². The van der Waals surface area contributed by atoms with E-state index in [0.717, 1.165) is 17.4 Å². The minimum absolute atomic E-state index is 0.00431. The first-order valence-corrected chi connectivity index (χ1v) is 12.7. The quantitative estimate of drug-likeness (QED) is 0.159. The second-order valence-electron chi connectivity index (χ2n) is 6.67. The maximum absolute atomic E-state index is 13.3. The molecule has 13 heteroatoms. The van der Waals surface area contributed by atoms with Gasteiger partial charge < -0.3 is 10.5 Å². The number of nitrogen functional groups attached to an aromatic ring is 1. The molecule has 0 radical (unpaired) electrons. The zero-order chi connectivity index (χ0) is 25.3. The predicted molar refractivity (Wildman–Crippen MR) is 121 cm³/mol. The third-order valence-corrected chi connectivity index (χ3v) is 8.74. The largest absolute Gasteiger partial charge is 0.491 e. The van der Waals surface area contributed by atoms with Crippen LogP contribution in [0.5, 0.6) is 0 Å². The van der Waals surface area contributed by atoms with E-state index in [0.29, 0.717) is 20.2 Å². The number of hydrogen-bond donors (Lipinski definition) is 2. The minimum atomic E-state index is -5.32. The molecule has 0 aliphatic rings. The zero-order valence-corrected chi connectivity index (χ0v) is 19.6. The smallest absolute Gasteiger partial charge is 0.383 e. The number of benzene rings is 2. The molecular formula is C21H15F3N2O5S3. The van der Waals surface area contributed by atoms with E-state index in [9.17, 15) is 31.2 Å². The Hall–Kier alpha value is -3.16. The zero-order valence-electron chi connectivity index (χ0n) is 17.2. The summed E-state index contributed by atoms with van der Waals surface area (Å²) < 4.78 is 68.0. The first-order valence-electron chi connectivity index (χ1n) is 9.15. The van der Waals surface area contributed by atoms with Crippen LogP contribution in [0.1, 0.15) is 15.2 Å². The molecular weight excluding hydrogens is 513 g/mol. The summed E-state index contributed by atoms with van der Waals surface area (Å²) in [6.45, 7) is 0. The summed E-state index contributed by atoms with van der Waals surface area (Å²) in [5, 5.41) is 7.57. The van der Waals surface area contributed by atoms with E-state index in [2.05, 4.69) is 4.74 Å². The lowest BCUT2D eigenvalue weighted by Gasteiger charge is -2.09. The van der Waals surface area contributed by atoms with Crippen LogP contribution >= 0.6 is 23.1 Å². The number of halogens is 3. The van der Waals surface area contributed by atoms with Crippen LogP contribution in [0.25, 0.3) is 11.1 Å². The van der Waals surface area contributed by atoms with Crippen LogP contribution in [0.15, 0.2) is 68.6 Å². The summed E-state index contributed by atoms with van der Waals surface area (Å²) in [5.41, 5.74) is 5.83. The number of thioether (sulfide) groups is 1. The molecule has 0 aliphatic heterocycles. The number of sulfone groups is 1. The van der Waals surface area contributed by atoms with Gasteiger partial charge in [-0.25, -0.2) is 18.0 Å². The second kappa shape index (κ2) is 9.60. The van der Waals surface area contributed by atoms with E-state index >= 15 is 0 Å². The first kappa shape index (κ1) is 25.5. The van der Waals surface area contributed by atoms with Crippen molar-refractivity contribution < 1.29 is 35.9 Å². The molecule has 3 aromatic rings. The Morgan fingerprint density at radius 3 is 2.26 bits per heavy atom. The van der Waals surface area contributed by atoms with Crippen molar-refractivity contribution in [2.45, 2.75) is 20.2 Å². The highest BCUT2D eigenvalue weighted by molar-refractivity contribution is 8.01. The average molecular weight is 529 g/mol. The van der Waals surface area contributed by atoms with Gasteiger partial charge in [0, 0.05) is 0 Å². The molecule has 34 heavy (non-hydrogen) atoms. The van der Waals surface area contributed by atoms with E-state index in [1.165, 1.54) is 54.2 Å². The van der Waals surface area contributed by atoms with E-state index in [1.807, 2.05) is 0 Å². The Morgan fingerprint density at radius 2 is 1.68 bits per heavy atom. The van der Waals surface area contributed by atoms with Gasteiger partial charge in [0.25, 0.3) is 0 Å². The molecule has 7 nitrogen and oxygen atoms in total. The summed E-state index contributed by atoms with van der Waals surface area (Å²) in [6.07, 6.45) is -3.63. The Kier molecular flexibility index (Phi) is 7.19. The molecule has 0 saturated carbocycles. The number of ether oxygens (including phenoxy) is 1. The molecule has 0 atom stereocenters. The summed E-state index contributed by atoms with van der Waals surface area (Å²) >= 11 is 2.27. The Balaban J connectivity index is 1.98. The number of alkyl halides is 3. The van der Waals surface area contributed by atoms with Crippen LogP contribution < -0.4 is 5.73 Å². The fourth-order valence-corrected chi connectivity index (χ4v) is 6.72. The van der Waals surface area contributed by atoms with Crippen LogP contribution in [0.4, 0.5) is 13.2 Å². The summed E-state index contributed by atoms with van der Waals surface area (Å²) in [5.74, 6) is -4.39. The molecule has 0 unspecified atom stereocenters. The second-order valence-corrected chi connectivity index (χ2v) is 10.7. The standard InChI is InChI=1S/C21H15F3N2O5S3/c1-32-19-16(10-15(33-19)17(25)26)34(29,30)14-7-3-5-12(9-14)11-4-2-6-13(8-11)18(27)31-20(28)21(22,23)24/h2-10H,1H3,(H3,25,26). The average Bonchev–Trinajstić information content (AvgIpc) is 3.24. The molecule has 0 aliphatic carbocycles. The predicted octanol–water partition coefficient (Wildman–Crippen LogP) is 4.50. The Labute approximate surface area is 200 Å². The number of nitrogens with two attached hydrogens (primary N) is 1. The van der Waals surface area contributed by atoms with E-state index in [-0.39, 0.29) is 21.2 Å². The number of thiophene rings is 1. The minimum Gasteiger partial charge on any atom is -0.383 e. The van der Waals surface area contributed by atoms with Gasteiger partial charge in [-0.1, -0.05) is 24.3 Å². The first-order chi connectivity index (χ1) is 15.8. The van der Waals surface area contributed by atoms with Gasteiger partial charge in [0.05, 0.1) is 24.4 Å². The molecule has 0 fully saturated rings.